The minimum absolute atomic E-state index is 0.275. The van der Waals surface area contributed by atoms with Crippen molar-refractivity contribution in [1.82, 2.24) is 15.2 Å². The molecule has 0 saturated heterocycles. The average Bonchev–Trinajstić information content (AvgIpc) is 2.38. The Morgan fingerprint density at radius 1 is 1.15 bits per heavy atom. The summed E-state index contributed by atoms with van der Waals surface area (Å²) >= 11 is 5.76. The van der Waals surface area contributed by atoms with Gasteiger partial charge >= 0.3 is 0 Å². The van der Waals surface area contributed by atoms with Crippen LogP contribution in [-0.2, 0) is 0 Å². The first kappa shape index (κ1) is 16.0. The zero-order valence-corrected chi connectivity index (χ0v) is 12.8. The molecular weight excluding hydrogens is 276 g/mol. The lowest BCUT2D eigenvalue weighted by molar-refractivity contribution is 0.0955. The van der Waals surface area contributed by atoms with Gasteiger partial charge in [-0.05, 0) is 30.3 Å². The topological polar surface area (TPSA) is 47.9 Å². The summed E-state index contributed by atoms with van der Waals surface area (Å²) in [5, 5.41) is 4.48. The second-order valence-electron chi connectivity index (χ2n) is 4.54. The Hall–Kier alpha value is -2.01. The highest BCUT2D eigenvalue weighted by Gasteiger charge is 2.03. The first-order chi connectivity index (χ1) is 9.41. The maximum Gasteiger partial charge on any atom is 0.271 e. The van der Waals surface area contributed by atoms with Gasteiger partial charge < -0.3 is 9.80 Å². The van der Waals surface area contributed by atoms with Crippen LogP contribution >= 0.6 is 11.6 Å². The van der Waals surface area contributed by atoms with Gasteiger partial charge in [-0.15, -0.1) is 0 Å². The van der Waals surface area contributed by atoms with Crippen LogP contribution in [0.1, 0.15) is 10.4 Å². The van der Waals surface area contributed by atoms with Gasteiger partial charge in [-0.2, -0.15) is 5.10 Å². The fraction of sp³-hybridized carbons (Fsp3) is 0.286. The van der Waals surface area contributed by atoms with E-state index in [9.17, 15) is 4.79 Å². The summed E-state index contributed by atoms with van der Waals surface area (Å²) in [5.41, 5.74) is 2.97. The minimum atomic E-state index is -0.275. The number of benzene rings is 1. The van der Waals surface area contributed by atoms with Gasteiger partial charge in [0.2, 0.25) is 0 Å². The SMILES string of the molecule is CN(C)C(=C/C=N/NC(=O)c1ccc(Cl)cc1)N(C)C. The summed E-state index contributed by atoms with van der Waals surface area (Å²) in [4.78, 5) is 15.7. The number of rotatable bonds is 5. The standard InChI is InChI=1S/C14H19ClN4O/c1-18(2)13(19(3)4)9-10-16-17-14(20)11-5-7-12(15)8-6-11/h5-10H,1-4H3,(H,17,20)/b16-10+. The number of hydrazone groups is 1. The van der Waals surface area contributed by atoms with Crippen LogP contribution in [0.4, 0.5) is 0 Å². The largest absolute Gasteiger partial charge is 0.364 e. The van der Waals surface area contributed by atoms with Gasteiger partial charge in [-0.25, -0.2) is 5.43 Å². The zero-order chi connectivity index (χ0) is 15.1. The molecule has 0 spiro atoms. The van der Waals surface area contributed by atoms with E-state index >= 15 is 0 Å². The Morgan fingerprint density at radius 2 is 1.70 bits per heavy atom. The lowest BCUT2D eigenvalue weighted by atomic mass is 10.2. The average molecular weight is 295 g/mol. The van der Waals surface area contributed by atoms with E-state index in [4.69, 9.17) is 11.6 Å². The summed E-state index contributed by atoms with van der Waals surface area (Å²) in [6.07, 6.45) is 3.35. The number of carbonyl (C=O) groups excluding carboxylic acids is 1. The summed E-state index contributed by atoms with van der Waals surface area (Å²) < 4.78 is 0. The normalized spacial score (nSPS) is 10.2. The van der Waals surface area contributed by atoms with E-state index in [1.807, 2.05) is 44.1 Å². The molecule has 0 bridgehead atoms. The molecule has 5 nitrogen and oxygen atoms in total. The number of hydrogen-bond donors (Lipinski definition) is 1. The highest BCUT2D eigenvalue weighted by Crippen LogP contribution is 2.09. The van der Waals surface area contributed by atoms with Crippen molar-refractivity contribution in [3.05, 3.63) is 46.7 Å². The van der Waals surface area contributed by atoms with Gasteiger partial charge in [-0.3, -0.25) is 4.79 Å². The molecule has 1 N–H and O–H groups in total. The molecule has 0 heterocycles. The van der Waals surface area contributed by atoms with Crippen molar-refractivity contribution in [2.24, 2.45) is 5.10 Å². The molecule has 0 aliphatic heterocycles. The number of allylic oxidation sites excluding steroid dienone is 1. The van der Waals surface area contributed by atoms with Crippen LogP contribution in [0, 0.1) is 0 Å². The molecule has 108 valence electrons. The Bertz CT molecular complexity index is 496. The van der Waals surface area contributed by atoms with Crippen LogP contribution in [0.2, 0.25) is 5.02 Å². The van der Waals surface area contributed by atoms with Crippen LogP contribution in [-0.4, -0.2) is 50.1 Å². The van der Waals surface area contributed by atoms with Crippen molar-refractivity contribution in [2.45, 2.75) is 0 Å². The quantitative estimate of drug-likeness (QED) is 0.668. The van der Waals surface area contributed by atoms with Crippen LogP contribution in [0.25, 0.3) is 0 Å². The molecule has 1 amide bonds. The third-order valence-electron chi connectivity index (χ3n) is 2.49. The Balaban J connectivity index is 2.62. The molecule has 0 unspecified atom stereocenters. The van der Waals surface area contributed by atoms with Gasteiger partial charge in [0, 0.05) is 38.8 Å². The molecule has 0 fully saturated rings. The molecule has 20 heavy (non-hydrogen) atoms. The lowest BCUT2D eigenvalue weighted by Crippen LogP contribution is -2.24. The summed E-state index contributed by atoms with van der Waals surface area (Å²) in [6.45, 7) is 0. The van der Waals surface area contributed by atoms with Crippen molar-refractivity contribution < 1.29 is 4.79 Å². The van der Waals surface area contributed by atoms with Gasteiger partial charge in [0.25, 0.3) is 5.91 Å². The van der Waals surface area contributed by atoms with Crippen molar-refractivity contribution in [2.75, 3.05) is 28.2 Å². The molecule has 6 heteroatoms. The Morgan fingerprint density at radius 3 is 2.20 bits per heavy atom. The maximum absolute atomic E-state index is 11.8. The first-order valence-corrected chi connectivity index (χ1v) is 6.43. The highest BCUT2D eigenvalue weighted by atomic mass is 35.5. The van der Waals surface area contributed by atoms with Crippen molar-refractivity contribution >= 4 is 23.7 Å². The van der Waals surface area contributed by atoms with E-state index in [1.165, 1.54) is 0 Å². The minimum Gasteiger partial charge on any atom is -0.364 e. The Kier molecular flexibility index (Phi) is 6.06. The number of amides is 1. The van der Waals surface area contributed by atoms with Gasteiger partial charge in [0.1, 0.15) is 5.82 Å². The van der Waals surface area contributed by atoms with Crippen LogP contribution in [0.15, 0.2) is 41.3 Å². The smallest absolute Gasteiger partial charge is 0.271 e. The third kappa shape index (κ3) is 4.93. The first-order valence-electron chi connectivity index (χ1n) is 6.05. The molecule has 0 aromatic heterocycles. The zero-order valence-electron chi connectivity index (χ0n) is 12.1. The second-order valence-corrected chi connectivity index (χ2v) is 4.98. The van der Waals surface area contributed by atoms with Crippen molar-refractivity contribution in [3.63, 3.8) is 0 Å². The van der Waals surface area contributed by atoms with E-state index in [-0.39, 0.29) is 5.91 Å². The molecule has 0 atom stereocenters. The predicted octanol–water partition coefficient (Wildman–Crippen LogP) is 2.02. The summed E-state index contributed by atoms with van der Waals surface area (Å²) in [7, 11) is 7.75. The summed E-state index contributed by atoms with van der Waals surface area (Å²) in [5.74, 6) is 0.692. The van der Waals surface area contributed by atoms with Crippen LogP contribution < -0.4 is 5.43 Å². The Labute approximate surface area is 124 Å². The van der Waals surface area contributed by atoms with E-state index in [0.29, 0.717) is 10.6 Å². The molecule has 0 saturated carbocycles. The van der Waals surface area contributed by atoms with Gasteiger partial charge in [0.15, 0.2) is 0 Å². The molecular formula is C14H19ClN4O. The van der Waals surface area contributed by atoms with Crippen LogP contribution in [0.3, 0.4) is 0 Å². The molecule has 1 rings (SSSR count). The van der Waals surface area contributed by atoms with Gasteiger partial charge in [-0.1, -0.05) is 11.6 Å². The van der Waals surface area contributed by atoms with Crippen molar-refractivity contribution in [1.29, 1.82) is 0 Å². The summed E-state index contributed by atoms with van der Waals surface area (Å²) in [6, 6.07) is 6.62. The molecule has 0 aliphatic rings. The number of nitrogens with zero attached hydrogens (tertiary/aromatic N) is 3. The van der Waals surface area contributed by atoms with Crippen molar-refractivity contribution in [3.8, 4) is 0 Å². The molecule has 1 aromatic rings. The monoisotopic (exact) mass is 294 g/mol. The van der Waals surface area contributed by atoms with Crippen LogP contribution in [0.5, 0.6) is 0 Å². The fourth-order valence-corrected chi connectivity index (χ4v) is 1.69. The predicted molar refractivity (Wildman–Crippen MR) is 82.9 cm³/mol. The van der Waals surface area contributed by atoms with E-state index in [1.54, 1.807) is 30.5 Å². The van der Waals surface area contributed by atoms with E-state index < -0.39 is 0 Å². The number of halogens is 1. The maximum atomic E-state index is 11.8. The lowest BCUT2D eigenvalue weighted by Gasteiger charge is -2.23. The fourth-order valence-electron chi connectivity index (χ4n) is 1.56. The third-order valence-corrected chi connectivity index (χ3v) is 2.74. The van der Waals surface area contributed by atoms with E-state index in [2.05, 4.69) is 10.5 Å². The molecule has 1 aromatic carbocycles. The molecule has 0 aliphatic carbocycles. The number of hydrogen-bond acceptors (Lipinski definition) is 4. The molecule has 0 radical (unpaired) electrons. The number of nitrogens with one attached hydrogen (secondary N) is 1. The van der Waals surface area contributed by atoms with E-state index in [0.717, 1.165) is 5.82 Å². The second kappa shape index (κ2) is 7.55. The number of carbonyl (C=O) groups is 1. The van der Waals surface area contributed by atoms with Gasteiger partial charge in [0.05, 0.1) is 6.21 Å². The highest BCUT2D eigenvalue weighted by molar-refractivity contribution is 6.30.